The zero-order valence-corrected chi connectivity index (χ0v) is 12.5. The number of thiophene rings is 1. The minimum Gasteiger partial charge on any atom is -0.292 e. The maximum Gasteiger partial charge on any atom is 0.239 e. The highest BCUT2D eigenvalue weighted by molar-refractivity contribution is 7.99. The van der Waals surface area contributed by atoms with Crippen LogP contribution in [0.1, 0.15) is 4.88 Å². The highest BCUT2D eigenvalue weighted by Gasteiger charge is 2.14. The Balaban J connectivity index is 2.12. The predicted octanol–water partition coefficient (Wildman–Crippen LogP) is 3.71. The zero-order valence-electron chi connectivity index (χ0n) is 10.9. The van der Waals surface area contributed by atoms with Gasteiger partial charge >= 0.3 is 0 Å². The van der Waals surface area contributed by atoms with E-state index in [9.17, 15) is 8.78 Å². The third-order valence-corrected chi connectivity index (χ3v) is 4.69. The molecule has 3 rings (SSSR count). The second kappa shape index (κ2) is 5.55. The van der Waals surface area contributed by atoms with Crippen molar-refractivity contribution in [1.29, 1.82) is 0 Å². The lowest BCUT2D eigenvalue weighted by Gasteiger charge is -2.06. The maximum atomic E-state index is 13.8. The van der Waals surface area contributed by atoms with Gasteiger partial charge in [0.2, 0.25) is 5.95 Å². The molecule has 21 heavy (non-hydrogen) atoms. The van der Waals surface area contributed by atoms with Crippen molar-refractivity contribution >= 4 is 39.3 Å². The number of nitrogens with zero attached hydrogens (tertiary/aromatic N) is 2. The van der Waals surface area contributed by atoms with E-state index in [0.717, 1.165) is 45.1 Å². The van der Waals surface area contributed by atoms with Crippen LogP contribution in [0.2, 0.25) is 0 Å². The Kier molecular flexibility index (Phi) is 3.75. The molecule has 0 aliphatic carbocycles. The Morgan fingerprint density at radius 2 is 2.05 bits per heavy atom. The smallest absolute Gasteiger partial charge is 0.239 e. The van der Waals surface area contributed by atoms with Gasteiger partial charge in [-0.15, -0.1) is 11.3 Å². The van der Waals surface area contributed by atoms with Gasteiger partial charge in [-0.2, -0.15) is 0 Å². The van der Waals surface area contributed by atoms with Crippen LogP contribution in [0.25, 0.3) is 10.2 Å². The van der Waals surface area contributed by atoms with Crippen molar-refractivity contribution in [3.05, 3.63) is 40.8 Å². The summed E-state index contributed by atoms with van der Waals surface area (Å²) in [6.07, 6.45) is 0. The topological polar surface area (TPSA) is 63.8 Å². The van der Waals surface area contributed by atoms with Crippen molar-refractivity contribution in [2.45, 2.75) is 16.8 Å². The average molecular weight is 324 g/mol. The number of nitrogens with one attached hydrogen (secondary N) is 1. The van der Waals surface area contributed by atoms with E-state index in [1.165, 1.54) is 11.3 Å². The summed E-state index contributed by atoms with van der Waals surface area (Å²) < 4.78 is 27.0. The highest BCUT2D eigenvalue weighted by Crippen LogP contribution is 2.36. The van der Waals surface area contributed by atoms with Gasteiger partial charge in [0.25, 0.3) is 0 Å². The van der Waals surface area contributed by atoms with Gasteiger partial charge in [0, 0.05) is 10.3 Å². The molecule has 0 fully saturated rings. The zero-order chi connectivity index (χ0) is 15.0. The number of hydrogen-bond acceptors (Lipinski definition) is 6. The molecule has 2 heterocycles. The number of aryl methyl sites for hydroxylation is 1. The number of fused-ring (bicyclic) bond motifs is 1. The fourth-order valence-electron chi connectivity index (χ4n) is 1.82. The van der Waals surface area contributed by atoms with E-state index < -0.39 is 11.6 Å². The van der Waals surface area contributed by atoms with E-state index in [1.807, 2.05) is 13.0 Å². The molecule has 108 valence electrons. The molecular weight excluding hydrogens is 314 g/mol. The van der Waals surface area contributed by atoms with Crippen molar-refractivity contribution in [3.63, 3.8) is 0 Å². The predicted molar refractivity (Wildman–Crippen MR) is 80.4 cm³/mol. The Morgan fingerprint density at radius 1 is 1.24 bits per heavy atom. The van der Waals surface area contributed by atoms with Crippen LogP contribution in [-0.2, 0) is 0 Å². The minimum absolute atomic E-state index is 0.168. The number of benzene rings is 1. The summed E-state index contributed by atoms with van der Waals surface area (Å²) in [5, 5.41) is 1.33. The second-order valence-corrected chi connectivity index (χ2v) is 6.51. The first-order valence-corrected chi connectivity index (χ1v) is 7.58. The average Bonchev–Trinajstić information content (AvgIpc) is 2.83. The molecule has 0 atom stereocenters. The first-order chi connectivity index (χ1) is 10.1. The molecule has 0 radical (unpaired) electrons. The highest BCUT2D eigenvalue weighted by atomic mass is 32.2. The number of hydrogen-bond donors (Lipinski definition) is 2. The van der Waals surface area contributed by atoms with E-state index in [4.69, 9.17) is 5.84 Å². The fourth-order valence-corrected chi connectivity index (χ4v) is 3.70. The normalized spacial score (nSPS) is 11.0. The summed E-state index contributed by atoms with van der Waals surface area (Å²) in [7, 11) is 0. The summed E-state index contributed by atoms with van der Waals surface area (Å²) in [5.41, 5.74) is 2.38. The first-order valence-electron chi connectivity index (χ1n) is 5.94. The molecule has 2 aromatic heterocycles. The van der Waals surface area contributed by atoms with Gasteiger partial charge in [-0.05, 0) is 31.2 Å². The van der Waals surface area contributed by atoms with Crippen LogP contribution in [0.5, 0.6) is 0 Å². The van der Waals surface area contributed by atoms with Crippen LogP contribution < -0.4 is 11.3 Å². The summed E-state index contributed by atoms with van der Waals surface area (Å²) in [4.78, 5) is 10.4. The molecule has 4 nitrogen and oxygen atoms in total. The third-order valence-electron chi connectivity index (χ3n) is 2.71. The number of anilines is 1. The van der Waals surface area contributed by atoms with E-state index in [1.54, 1.807) is 0 Å². The molecule has 8 heteroatoms. The first kappa shape index (κ1) is 14.2. The Labute approximate surface area is 127 Å². The quantitative estimate of drug-likeness (QED) is 0.437. The Morgan fingerprint density at radius 3 is 2.81 bits per heavy atom. The minimum atomic E-state index is -0.498. The van der Waals surface area contributed by atoms with Gasteiger partial charge in [-0.25, -0.2) is 24.6 Å². The van der Waals surface area contributed by atoms with Crippen LogP contribution in [0, 0.1) is 18.6 Å². The third kappa shape index (κ3) is 2.82. The number of hydrazine groups is 1. The van der Waals surface area contributed by atoms with Crippen LogP contribution in [0.4, 0.5) is 14.7 Å². The number of nitrogen functional groups attached to an aromatic ring is 1. The lowest BCUT2D eigenvalue weighted by molar-refractivity contribution is 0.577. The SMILES string of the molecule is Cc1cc2c(Sc3cc(F)ccc3F)nc(NN)nc2s1. The van der Waals surface area contributed by atoms with Gasteiger partial charge < -0.3 is 0 Å². The monoisotopic (exact) mass is 324 g/mol. The lowest BCUT2D eigenvalue weighted by Crippen LogP contribution is -2.10. The van der Waals surface area contributed by atoms with E-state index in [0.29, 0.717) is 5.03 Å². The van der Waals surface area contributed by atoms with Crippen molar-refractivity contribution in [2.24, 2.45) is 5.84 Å². The molecule has 0 aliphatic rings. The molecule has 1 aromatic carbocycles. The van der Waals surface area contributed by atoms with Crippen LogP contribution in [-0.4, -0.2) is 9.97 Å². The van der Waals surface area contributed by atoms with E-state index in [2.05, 4.69) is 15.4 Å². The molecule has 3 N–H and O–H groups in total. The molecule has 0 bridgehead atoms. The van der Waals surface area contributed by atoms with E-state index >= 15 is 0 Å². The molecule has 0 spiro atoms. The summed E-state index contributed by atoms with van der Waals surface area (Å²) in [6.45, 7) is 1.94. The van der Waals surface area contributed by atoms with Crippen molar-refractivity contribution in [2.75, 3.05) is 5.43 Å². The maximum absolute atomic E-state index is 13.8. The number of aromatic nitrogens is 2. The molecular formula is C13H10F2N4S2. The summed E-state index contributed by atoms with van der Waals surface area (Å²) >= 11 is 2.53. The van der Waals surface area contributed by atoms with E-state index in [-0.39, 0.29) is 10.8 Å². The van der Waals surface area contributed by atoms with Gasteiger partial charge in [-0.1, -0.05) is 11.8 Å². The molecule has 0 unspecified atom stereocenters. The molecule has 0 saturated carbocycles. The van der Waals surface area contributed by atoms with Crippen molar-refractivity contribution in [3.8, 4) is 0 Å². The molecule has 0 saturated heterocycles. The Bertz CT molecular complexity index is 819. The Hall–Kier alpha value is -1.77. The van der Waals surface area contributed by atoms with Crippen LogP contribution >= 0.6 is 23.1 Å². The van der Waals surface area contributed by atoms with Crippen molar-refractivity contribution < 1.29 is 8.78 Å². The number of rotatable bonds is 3. The van der Waals surface area contributed by atoms with Crippen LogP contribution in [0.15, 0.2) is 34.2 Å². The van der Waals surface area contributed by atoms with Crippen molar-refractivity contribution in [1.82, 2.24) is 9.97 Å². The van der Waals surface area contributed by atoms with Gasteiger partial charge in [0.15, 0.2) is 0 Å². The lowest BCUT2D eigenvalue weighted by atomic mass is 10.3. The van der Waals surface area contributed by atoms with Crippen LogP contribution in [0.3, 0.4) is 0 Å². The largest absolute Gasteiger partial charge is 0.292 e. The second-order valence-electron chi connectivity index (χ2n) is 4.25. The van der Waals surface area contributed by atoms with Gasteiger partial charge in [-0.3, -0.25) is 5.43 Å². The summed E-state index contributed by atoms with van der Waals surface area (Å²) in [6, 6.07) is 5.23. The molecule has 0 aliphatic heterocycles. The molecule has 0 amide bonds. The van der Waals surface area contributed by atoms with Gasteiger partial charge in [0.05, 0.1) is 4.90 Å². The fraction of sp³-hybridized carbons (Fsp3) is 0.0769. The number of nitrogens with two attached hydrogens (primary N) is 1. The summed E-state index contributed by atoms with van der Waals surface area (Å²) in [5.74, 6) is 4.59. The van der Waals surface area contributed by atoms with Gasteiger partial charge in [0.1, 0.15) is 21.5 Å². The standard InChI is InChI=1S/C13H10F2N4S2/c1-6-4-8-11(20-6)17-13(19-16)18-12(8)21-10-5-7(14)2-3-9(10)15/h2-5H,16H2,1H3,(H,17,18,19). The number of halogens is 2. The molecule has 3 aromatic rings.